The molecule has 1 fully saturated rings. The minimum Gasteiger partial charge on any atom is -0.493 e. The Kier molecular flexibility index (Phi) is 3.24. The summed E-state index contributed by atoms with van der Waals surface area (Å²) in [6.07, 6.45) is 2.31. The standard InChI is InChI=1S/C17H18BrNO4/c1-19-6-5-17-4-3-9(20)7-12(17)23-15-11(22-2)8-10(18)13(14(15)17)16(19)21/h8,12H,3-7H2,1-2H3/t12-,17-/m1/s1. The minimum atomic E-state index is -0.268. The molecule has 0 unspecified atom stereocenters. The van der Waals surface area contributed by atoms with Crippen LogP contribution in [0.1, 0.15) is 41.6 Å². The largest absolute Gasteiger partial charge is 0.493 e. The smallest absolute Gasteiger partial charge is 0.255 e. The Morgan fingerprint density at radius 3 is 2.91 bits per heavy atom. The van der Waals surface area contributed by atoms with Crippen molar-refractivity contribution in [3.8, 4) is 11.5 Å². The van der Waals surface area contributed by atoms with Crippen LogP contribution in [-0.2, 0) is 10.2 Å². The first-order chi connectivity index (χ1) is 11.0. The third-order valence-electron chi connectivity index (χ3n) is 5.51. The topological polar surface area (TPSA) is 55.8 Å². The summed E-state index contributed by atoms with van der Waals surface area (Å²) >= 11 is 3.54. The minimum absolute atomic E-state index is 0.00574. The number of ketones is 1. The lowest BCUT2D eigenvalue weighted by molar-refractivity contribution is -0.124. The van der Waals surface area contributed by atoms with Gasteiger partial charge in [-0.05, 0) is 34.8 Å². The van der Waals surface area contributed by atoms with Gasteiger partial charge in [-0.25, -0.2) is 0 Å². The van der Waals surface area contributed by atoms with E-state index in [1.807, 2.05) is 7.05 Å². The first kappa shape index (κ1) is 15.0. The Morgan fingerprint density at radius 1 is 1.39 bits per heavy atom. The first-order valence-corrected chi connectivity index (χ1v) is 8.62. The number of hydrogen-bond acceptors (Lipinski definition) is 4. The van der Waals surface area contributed by atoms with Crippen LogP contribution >= 0.6 is 15.9 Å². The number of nitrogens with zero attached hydrogens (tertiary/aromatic N) is 1. The molecule has 1 aliphatic carbocycles. The van der Waals surface area contributed by atoms with E-state index in [1.54, 1.807) is 18.1 Å². The van der Waals surface area contributed by atoms with Crippen molar-refractivity contribution in [1.29, 1.82) is 0 Å². The van der Waals surface area contributed by atoms with Crippen molar-refractivity contribution in [2.75, 3.05) is 20.7 Å². The number of carbonyl (C=O) groups is 2. The zero-order valence-electron chi connectivity index (χ0n) is 13.1. The van der Waals surface area contributed by atoms with Gasteiger partial charge in [-0.3, -0.25) is 9.59 Å². The lowest BCUT2D eigenvalue weighted by Crippen LogP contribution is -2.44. The van der Waals surface area contributed by atoms with E-state index < -0.39 is 0 Å². The van der Waals surface area contributed by atoms with Gasteiger partial charge in [-0.15, -0.1) is 0 Å². The Bertz CT molecular complexity index is 732. The molecule has 1 saturated carbocycles. The van der Waals surface area contributed by atoms with E-state index in [1.165, 1.54) is 0 Å². The van der Waals surface area contributed by atoms with Crippen LogP contribution in [0.4, 0.5) is 0 Å². The van der Waals surface area contributed by atoms with E-state index in [-0.39, 0.29) is 23.2 Å². The van der Waals surface area contributed by atoms with Gasteiger partial charge in [0.25, 0.3) is 5.91 Å². The number of methoxy groups -OCH3 is 1. The lowest BCUT2D eigenvalue weighted by Gasteiger charge is -2.37. The summed E-state index contributed by atoms with van der Waals surface area (Å²) in [6.45, 7) is 0.662. The van der Waals surface area contributed by atoms with Crippen molar-refractivity contribution in [3.63, 3.8) is 0 Å². The lowest BCUT2D eigenvalue weighted by atomic mass is 9.65. The number of Topliss-reactive ketones (excluding diaryl/α,β-unsaturated/α-hetero) is 1. The fraction of sp³-hybridized carbons (Fsp3) is 0.529. The van der Waals surface area contributed by atoms with E-state index in [2.05, 4.69) is 15.9 Å². The van der Waals surface area contributed by atoms with Crippen LogP contribution in [0.15, 0.2) is 10.5 Å². The molecule has 5 nitrogen and oxygen atoms in total. The molecule has 0 saturated heterocycles. The fourth-order valence-corrected chi connectivity index (χ4v) is 4.82. The van der Waals surface area contributed by atoms with Crippen LogP contribution < -0.4 is 9.47 Å². The molecule has 3 aliphatic rings. The van der Waals surface area contributed by atoms with E-state index in [9.17, 15) is 9.59 Å². The molecule has 122 valence electrons. The van der Waals surface area contributed by atoms with E-state index in [0.29, 0.717) is 36.4 Å². The molecule has 1 aromatic carbocycles. The number of ether oxygens (including phenoxy) is 2. The molecule has 1 spiro atoms. The van der Waals surface area contributed by atoms with E-state index in [0.717, 1.165) is 22.9 Å². The average Bonchev–Trinajstić information content (AvgIpc) is 2.80. The highest BCUT2D eigenvalue weighted by Gasteiger charge is 2.56. The number of benzene rings is 1. The van der Waals surface area contributed by atoms with Crippen LogP contribution in [0.3, 0.4) is 0 Å². The van der Waals surface area contributed by atoms with Crippen molar-refractivity contribution in [2.24, 2.45) is 0 Å². The summed E-state index contributed by atoms with van der Waals surface area (Å²) in [5.41, 5.74) is 1.34. The molecule has 2 atom stereocenters. The van der Waals surface area contributed by atoms with Gasteiger partial charge in [0.15, 0.2) is 11.5 Å². The van der Waals surface area contributed by atoms with Gasteiger partial charge >= 0.3 is 0 Å². The highest BCUT2D eigenvalue weighted by atomic mass is 79.9. The van der Waals surface area contributed by atoms with Gasteiger partial charge in [0.1, 0.15) is 11.9 Å². The summed E-state index contributed by atoms with van der Waals surface area (Å²) < 4.78 is 12.4. The van der Waals surface area contributed by atoms with Gasteiger partial charge in [-0.2, -0.15) is 0 Å². The van der Waals surface area contributed by atoms with Gasteiger partial charge in [0.05, 0.1) is 12.7 Å². The molecular weight excluding hydrogens is 362 g/mol. The highest BCUT2D eigenvalue weighted by molar-refractivity contribution is 9.10. The summed E-state index contributed by atoms with van der Waals surface area (Å²) in [6, 6.07) is 1.79. The molecule has 23 heavy (non-hydrogen) atoms. The van der Waals surface area contributed by atoms with E-state index in [4.69, 9.17) is 9.47 Å². The first-order valence-electron chi connectivity index (χ1n) is 7.82. The molecular formula is C17H18BrNO4. The summed E-state index contributed by atoms with van der Waals surface area (Å²) in [5, 5.41) is 0. The highest BCUT2D eigenvalue weighted by Crippen LogP contribution is 2.58. The summed E-state index contributed by atoms with van der Waals surface area (Å²) in [5.74, 6) is 1.49. The molecule has 2 aliphatic heterocycles. The van der Waals surface area contributed by atoms with Crippen molar-refractivity contribution in [1.82, 2.24) is 4.90 Å². The van der Waals surface area contributed by atoms with Gasteiger partial charge in [-0.1, -0.05) is 0 Å². The predicted molar refractivity (Wildman–Crippen MR) is 87.2 cm³/mol. The van der Waals surface area contributed by atoms with Crippen LogP contribution in [0.5, 0.6) is 11.5 Å². The van der Waals surface area contributed by atoms with Gasteiger partial charge in [0.2, 0.25) is 0 Å². The van der Waals surface area contributed by atoms with Crippen LogP contribution in [-0.4, -0.2) is 43.4 Å². The third-order valence-corrected chi connectivity index (χ3v) is 6.13. The Labute approximate surface area is 143 Å². The van der Waals surface area contributed by atoms with E-state index >= 15 is 0 Å². The maximum absolute atomic E-state index is 12.9. The fourth-order valence-electron chi connectivity index (χ4n) is 4.24. The number of carbonyl (C=O) groups excluding carboxylic acids is 2. The molecule has 4 rings (SSSR count). The molecule has 6 heteroatoms. The second-order valence-electron chi connectivity index (χ2n) is 6.62. The van der Waals surface area contributed by atoms with Crippen molar-refractivity contribution >= 4 is 27.6 Å². The molecule has 1 aromatic rings. The summed E-state index contributed by atoms with van der Waals surface area (Å²) in [4.78, 5) is 26.6. The van der Waals surface area contributed by atoms with Crippen LogP contribution in [0.2, 0.25) is 0 Å². The van der Waals surface area contributed by atoms with Crippen molar-refractivity contribution < 1.29 is 19.1 Å². The van der Waals surface area contributed by atoms with Crippen LogP contribution in [0.25, 0.3) is 0 Å². The molecule has 0 radical (unpaired) electrons. The normalized spacial score (nSPS) is 28.8. The number of hydrogen-bond donors (Lipinski definition) is 0. The molecule has 1 amide bonds. The maximum Gasteiger partial charge on any atom is 0.255 e. The number of rotatable bonds is 1. The zero-order chi connectivity index (χ0) is 16.4. The van der Waals surface area contributed by atoms with Crippen molar-refractivity contribution in [3.05, 3.63) is 21.7 Å². The number of amides is 1. The molecule has 2 heterocycles. The molecule has 0 aromatic heterocycles. The zero-order valence-corrected chi connectivity index (χ0v) is 14.7. The molecule has 0 N–H and O–H groups in total. The molecule has 0 bridgehead atoms. The second-order valence-corrected chi connectivity index (χ2v) is 7.48. The average molecular weight is 380 g/mol. The van der Waals surface area contributed by atoms with Crippen LogP contribution in [0, 0.1) is 0 Å². The maximum atomic E-state index is 12.9. The van der Waals surface area contributed by atoms with Gasteiger partial charge in [0, 0.05) is 41.9 Å². The Balaban J connectivity index is 2.02. The van der Waals surface area contributed by atoms with Gasteiger partial charge < -0.3 is 14.4 Å². The summed E-state index contributed by atoms with van der Waals surface area (Å²) in [7, 11) is 3.42. The SMILES string of the molecule is COc1cc(Br)c2c3c1O[C@@H]1CC(=O)CC[C@]31CCN(C)C2=O. The third kappa shape index (κ3) is 1.90. The predicted octanol–water partition coefficient (Wildman–Crippen LogP) is 2.69. The number of halogens is 1. The Hall–Kier alpha value is -1.56. The quantitative estimate of drug-likeness (QED) is 0.752. The van der Waals surface area contributed by atoms with Crippen molar-refractivity contribution in [2.45, 2.75) is 37.2 Å². The monoisotopic (exact) mass is 379 g/mol. The second kappa shape index (κ2) is 4.97. The Morgan fingerprint density at radius 2 is 2.17 bits per heavy atom.